The second kappa shape index (κ2) is 8.76. The largest absolute Gasteiger partial charge is 0.416 e. The Balaban J connectivity index is 1.90. The van der Waals surface area contributed by atoms with Crippen LogP contribution in [0.3, 0.4) is 0 Å². The summed E-state index contributed by atoms with van der Waals surface area (Å²) < 4.78 is 41.6. The zero-order chi connectivity index (χ0) is 23.7. The molecule has 0 bridgehead atoms. The third kappa shape index (κ3) is 4.53. The van der Waals surface area contributed by atoms with Crippen molar-refractivity contribution in [1.82, 2.24) is 19.6 Å². The van der Waals surface area contributed by atoms with E-state index in [-0.39, 0.29) is 24.9 Å². The first-order valence-corrected chi connectivity index (χ1v) is 10.2. The molecule has 1 aromatic carbocycles. The van der Waals surface area contributed by atoms with Crippen LogP contribution in [0, 0.1) is 0 Å². The van der Waals surface area contributed by atoms with Crippen LogP contribution in [0.4, 0.5) is 13.2 Å². The molecule has 0 aliphatic carbocycles. The van der Waals surface area contributed by atoms with Gasteiger partial charge in [0.05, 0.1) is 17.2 Å². The molecule has 10 heteroatoms. The quantitative estimate of drug-likeness (QED) is 0.608. The molecule has 1 aliphatic rings. The van der Waals surface area contributed by atoms with Crippen molar-refractivity contribution in [3.63, 3.8) is 0 Å². The van der Waals surface area contributed by atoms with Gasteiger partial charge in [-0.15, -0.1) is 0 Å². The Morgan fingerprint density at radius 1 is 1.28 bits per heavy atom. The van der Waals surface area contributed by atoms with Crippen molar-refractivity contribution < 1.29 is 27.6 Å². The van der Waals surface area contributed by atoms with Gasteiger partial charge in [-0.1, -0.05) is 18.2 Å². The van der Waals surface area contributed by atoms with Crippen molar-refractivity contribution in [3.05, 3.63) is 53.3 Å². The van der Waals surface area contributed by atoms with Crippen LogP contribution in [0.5, 0.6) is 0 Å². The van der Waals surface area contributed by atoms with Crippen molar-refractivity contribution in [1.29, 1.82) is 0 Å². The van der Waals surface area contributed by atoms with Crippen molar-refractivity contribution in [3.8, 4) is 0 Å². The van der Waals surface area contributed by atoms with E-state index in [0.717, 1.165) is 22.6 Å². The van der Waals surface area contributed by atoms with E-state index in [1.807, 2.05) is 6.20 Å². The molecular formula is C22H25F3N4O3. The van der Waals surface area contributed by atoms with Gasteiger partial charge in [0.25, 0.3) is 0 Å². The summed E-state index contributed by atoms with van der Waals surface area (Å²) >= 11 is 0. The number of halogens is 3. The number of aromatic nitrogens is 2. The summed E-state index contributed by atoms with van der Waals surface area (Å²) in [4.78, 5) is 41.2. The molecule has 0 saturated carbocycles. The minimum Gasteiger partial charge on any atom is -0.345 e. The Morgan fingerprint density at radius 2 is 2.00 bits per heavy atom. The Labute approximate surface area is 183 Å². The second-order valence-electron chi connectivity index (χ2n) is 8.04. The normalized spacial score (nSPS) is 19.0. The summed E-state index contributed by atoms with van der Waals surface area (Å²) in [6, 6.07) is 4.34. The molecule has 32 heavy (non-hydrogen) atoms. The maximum Gasteiger partial charge on any atom is 0.416 e. The average Bonchev–Trinajstić information content (AvgIpc) is 3.26. The van der Waals surface area contributed by atoms with Gasteiger partial charge in [0.2, 0.25) is 17.7 Å². The van der Waals surface area contributed by atoms with Gasteiger partial charge < -0.3 is 4.90 Å². The third-order valence-electron chi connectivity index (χ3n) is 5.84. The average molecular weight is 450 g/mol. The lowest BCUT2D eigenvalue weighted by Crippen LogP contribution is -2.43. The highest BCUT2D eigenvalue weighted by atomic mass is 19.4. The van der Waals surface area contributed by atoms with E-state index in [9.17, 15) is 27.6 Å². The number of imide groups is 1. The number of alkyl halides is 3. The van der Waals surface area contributed by atoms with Crippen LogP contribution >= 0.6 is 0 Å². The van der Waals surface area contributed by atoms with E-state index >= 15 is 0 Å². The Hall–Kier alpha value is -3.17. The van der Waals surface area contributed by atoms with Crippen LogP contribution in [0.15, 0.2) is 36.7 Å². The maximum absolute atomic E-state index is 13.3. The fourth-order valence-corrected chi connectivity index (χ4v) is 4.00. The number of carbonyl (C=O) groups is 3. The Kier molecular flexibility index (Phi) is 6.43. The molecule has 1 aromatic heterocycles. The Bertz CT molecular complexity index is 1030. The van der Waals surface area contributed by atoms with Crippen molar-refractivity contribution in [2.24, 2.45) is 7.05 Å². The van der Waals surface area contributed by atoms with Crippen molar-refractivity contribution >= 4 is 17.7 Å². The van der Waals surface area contributed by atoms with Crippen molar-refractivity contribution in [2.45, 2.75) is 37.8 Å². The van der Waals surface area contributed by atoms with Gasteiger partial charge in [-0.3, -0.25) is 24.0 Å². The van der Waals surface area contributed by atoms with Gasteiger partial charge >= 0.3 is 6.18 Å². The number of hydrogen-bond donors (Lipinski definition) is 0. The standard InChI is InChI=1S/C22H25F3N4O3/c1-4-29-19(31)12-21(20(29)32,16-6-5-7-17(10-16)22(23,24)25)11-18(30)27(2)9-8-15-13-26-28(3)14-15/h5-7,10,13-14H,4,8-9,11-12H2,1-3H3/t21-/m0/s1. The number of nitrogens with zero attached hydrogens (tertiary/aromatic N) is 4. The van der Waals surface area contributed by atoms with Crippen LogP contribution in [-0.4, -0.2) is 57.4 Å². The molecule has 1 atom stereocenters. The van der Waals surface area contributed by atoms with Gasteiger partial charge in [0.15, 0.2) is 0 Å². The van der Waals surface area contributed by atoms with Gasteiger partial charge in [-0.2, -0.15) is 18.3 Å². The van der Waals surface area contributed by atoms with Gasteiger partial charge in [-0.05, 0) is 30.5 Å². The first-order chi connectivity index (χ1) is 15.0. The zero-order valence-corrected chi connectivity index (χ0v) is 18.1. The molecule has 3 amide bonds. The number of hydrogen-bond acceptors (Lipinski definition) is 4. The van der Waals surface area contributed by atoms with Crippen LogP contribution in [0.1, 0.15) is 36.5 Å². The molecule has 1 aliphatic heterocycles. The summed E-state index contributed by atoms with van der Waals surface area (Å²) in [5.41, 5.74) is -1.64. The molecule has 0 spiro atoms. The summed E-state index contributed by atoms with van der Waals surface area (Å²) in [6.07, 6.45) is -1.32. The number of rotatable bonds is 7. The molecule has 7 nitrogen and oxygen atoms in total. The van der Waals surface area contributed by atoms with Crippen LogP contribution in [-0.2, 0) is 39.4 Å². The summed E-state index contributed by atoms with van der Waals surface area (Å²) in [5.74, 6) is -1.57. The highest BCUT2D eigenvalue weighted by Crippen LogP contribution is 2.42. The van der Waals surface area contributed by atoms with E-state index < -0.39 is 34.9 Å². The van der Waals surface area contributed by atoms with Gasteiger partial charge in [0.1, 0.15) is 0 Å². The molecule has 0 unspecified atom stereocenters. The summed E-state index contributed by atoms with van der Waals surface area (Å²) in [7, 11) is 3.34. The van der Waals surface area contributed by atoms with Crippen LogP contribution < -0.4 is 0 Å². The molecule has 1 fully saturated rings. The molecule has 2 heterocycles. The topological polar surface area (TPSA) is 75.5 Å². The highest BCUT2D eigenvalue weighted by Gasteiger charge is 2.54. The molecule has 3 rings (SSSR count). The van der Waals surface area contributed by atoms with Crippen molar-refractivity contribution in [2.75, 3.05) is 20.1 Å². The second-order valence-corrected chi connectivity index (χ2v) is 8.04. The van der Waals surface area contributed by atoms with E-state index in [4.69, 9.17) is 0 Å². The predicted octanol–water partition coefficient (Wildman–Crippen LogP) is 2.55. The highest BCUT2D eigenvalue weighted by molar-refractivity contribution is 6.10. The lowest BCUT2D eigenvalue weighted by atomic mass is 9.75. The van der Waals surface area contributed by atoms with E-state index in [2.05, 4.69) is 5.10 Å². The minimum atomic E-state index is -4.61. The number of amides is 3. The summed E-state index contributed by atoms with van der Waals surface area (Å²) in [6.45, 7) is 2.03. The first kappa shape index (κ1) is 23.5. The molecule has 0 radical (unpaired) electrons. The number of carbonyl (C=O) groups excluding carboxylic acids is 3. The van der Waals surface area contributed by atoms with Crippen LogP contribution in [0.25, 0.3) is 0 Å². The fraction of sp³-hybridized carbons (Fsp3) is 0.455. The molecular weight excluding hydrogens is 425 g/mol. The zero-order valence-electron chi connectivity index (χ0n) is 18.1. The third-order valence-corrected chi connectivity index (χ3v) is 5.84. The van der Waals surface area contributed by atoms with Gasteiger partial charge in [0, 0.05) is 46.2 Å². The van der Waals surface area contributed by atoms with E-state index in [0.29, 0.717) is 13.0 Å². The first-order valence-electron chi connectivity index (χ1n) is 10.2. The van der Waals surface area contributed by atoms with Gasteiger partial charge in [-0.25, -0.2) is 0 Å². The van der Waals surface area contributed by atoms with E-state index in [1.54, 1.807) is 31.9 Å². The fourth-order valence-electron chi connectivity index (χ4n) is 4.00. The molecule has 2 aromatic rings. The lowest BCUT2D eigenvalue weighted by molar-refractivity contribution is -0.142. The van der Waals surface area contributed by atoms with Crippen LogP contribution in [0.2, 0.25) is 0 Å². The smallest absolute Gasteiger partial charge is 0.345 e. The van der Waals surface area contributed by atoms with E-state index in [1.165, 1.54) is 17.0 Å². The molecule has 172 valence electrons. The molecule has 0 N–H and O–H groups in total. The number of aryl methyl sites for hydroxylation is 1. The SMILES string of the molecule is CCN1C(=O)C[C@@](CC(=O)N(C)CCc2cnn(C)c2)(c2cccc(C(F)(F)F)c2)C1=O. The number of likely N-dealkylation sites (N-methyl/N-ethyl adjacent to an activating group) is 2. The monoisotopic (exact) mass is 450 g/mol. The maximum atomic E-state index is 13.3. The lowest BCUT2D eigenvalue weighted by Gasteiger charge is -2.29. The minimum absolute atomic E-state index is 0.0237. The Morgan fingerprint density at radius 3 is 2.56 bits per heavy atom. The predicted molar refractivity (Wildman–Crippen MR) is 109 cm³/mol. The summed E-state index contributed by atoms with van der Waals surface area (Å²) in [5, 5.41) is 4.07. The number of likely N-dealkylation sites (tertiary alicyclic amines) is 1. The molecule has 1 saturated heterocycles. The number of benzene rings is 1.